The van der Waals surface area contributed by atoms with Crippen molar-refractivity contribution in [2.75, 3.05) is 7.11 Å². The highest BCUT2D eigenvalue weighted by Crippen LogP contribution is 2.55. The molecule has 2 rings (SSSR count). The van der Waals surface area contributed by atoms with Crippen molar-refractivity contribution in [1.29, 1.82) is 0 Å². The predicted molar refractivity (Wildman–Crippen MR) is 58.6 cm³/mol. The zero-order valence-corrected chi connectivity index (χ0v) is 9.77. The van der Waals surface area contributed by atoms with E-state index >= 15 is 0 Å². The van der Waals surface area contributed by atoms with Crippen LogP contribution in [-0.4, -0.2) is 18.5 Å². The summed E-state index contributed by atoms with van der Waals surface area (Å²) in [5, 5.41) is 0. The second kappa shape index (κ2) is 2.62. The second-order valence-corrected chi connectivity index (χ2v) is 5.14. The fraction of sp³-hybridized carbons (Fsp3) is 0.750. The molecule has 0 bridgehead atoms. The molecule has 0 N–H and O–H groups in total. The molecule has 1 heterocycles. The zero-order valence-electron chi connectivity index (χ0n) is 9.77. The third-order valence-electron chi connectivity index (χ3n) is 4.16. The van der Waals surface area contributed by atoms with Gasteiger partial charge in [0.1, 0.15) is 0 Å². The van der Waals surface area contributed by atoms with Gasteiger partial charge >= 0.3 is 0 Å². The second-order valence-electron chi connectivity index (χ2n) is 5.14. The summed E-state index contributed by atoms with van der Waals surface area (Å²) < 4.78 is 5.33. The van der Waals surface area contributed by atoms with Crippen LogP contribution in [0.25, 0.3) is 0 Å². The lowest BCUT2D eigenvalue weighted by molar-refractivity contribution is 0.131. The van der Waals surface area contributed by atoms with Crippen molar-refractivity contribution in [2.45, 2.75) is 46.1 Å². The van der Waals surface area contributed by atoms with Gasteiger partial charge in [-0.15, -0.1) is 0 Å². The summed E-state index contributed by atoms with van der Waals surface area (Å²) in [7, 11) is 1.73. The van der Waals surface area contributed by atoms with Gasteiger partial charge in [0.2, 0.25) is 0 Å². The highest BCUT2D eigenvalue weighted by atomic mass is 16.5. The quantitative estimate of drug-likeness (QED) is 0.542. The van der Waals surface area contributed by atoms with Gasteiger partial charge in [-0.2, -0.15) is 0 Å². The Morgan fingerprint density at radius 3 is 2.29 bits per heavy atom. The van der Waals surface area contributed by atoms with Gasteiger partial charge in [0.15, 0.2) is 5.90 Å². The number of allylic oxidation sites excluding steroid dienone is 1. The van der Waals surface area contributed by atoms with Gasteiger partial charge in [-0.25, -0.2) is 4.99 Å². The monoisotopic (exact) mass is 193 g/mol. The van der Waals surface area contributed by atoms with E-state index in [-0.39, 0.29) is 11.0 Å². The first-order valence-electron chi connectivity index (χ1n) is 5.22. The van der Waals surface area contributed by atoms with Gasteiger partial charge < -0.3 is 4.74 Å². The van der Waals surface area contributed by atoms with Crippen LogP contribution >= 0.6 is 0 Å². The molecule has 0 aromatic rings. The fourth-order valence-electron chi connectivity index (χ4n) is 2.77. The first kappa shape index (κ1) is 9.75. The molecule has 14 heavy (non-hydrogen) atoms. The van der Waals surface area contributed by atoms with E-state index in [2.05, 4.69) is 32.7 Å². The number of hydrogen-bond donors (Lipinski definition) is 0. The molecule has 0 fully saturated rings. The van der Waals surface area contributed by atoms with E-state index < -0.39 is 0 Å². The lowest BCUT2D eigenvalue weighted by atomic mass is 9.58. The molecular weight excluding hydrogens is 174 g/mol. The highest BCUT2D eigenvalue weighted by molar-refractivity contribution is 5.90. The van der Waals surface area contributed by atoms with Gasteiger partial charge in [0.05, 0.1) is 18.1 Å². The maximum atomic E-state index is 5.33. The minimum atomic E-state index is 0.0853. The van der Waals surface area contributed by atoms with Crippen LogP contribution in [0.1, 0.15) is 40.5 Å². The van der Waals surface area contributed by atoms with Crippen molar-refractivity contribution in [3.05, 3.63) is 11.1 Å². The predicted octanol–water partition coefficient (Wildman–Crippen LogP) is 2.94. The maximum Gasteiger partial charge on any atom is 0.192 e. The standard InChI is InChI=1S/C12H19NO/c1-8-6-11(3)10(14-5)13-12(11,4)7-9(8)2/h6-7H2,1-5H3/t11-,12+/m0/s1. The van der Waals surface area contributed by atoms with E-state index in [4.69, 9.17) is 4.74 Å². The molecule has 78 valence electrons. The Labute approximate surface area is 86.1 Å². The summed E-state index contributed by atoms with van der Waals surface area (Å²) in [6.45, 7) is 8.96. The summed E-state index contributed by atoms with van der Waals surface area (Å²) >= 11 is 0. The third kappa shape index (κ3) is 0.943. The molecule has 0 spiro atoms. The largest absolute Gasteiger partial charge is 0.484 e. The van der Waals surface area contributed by atoms with Crippen LogP contribution in [0, 0.1) is 5.41 Å². The lowest BCUT2D eigenvalue weighted by Crippen LogP contribution is -2.59. The molecule has 2 aliphatic rings. The minimum Gasteiger partial charge on any atom is -0.484 e. The molecular formula is C12H19NO. The Hall–Kier alpha value is -0.790. The van der Waals surface area contributed by atoms with Crippen molar-refractivity contribution in [2.24, 2.45) is 10.4 Å². The smallest absolute Gasteiger partial charge is 0.192 e. The van der Waals surface area contributed by atoms with Crippen molar-refractivity contribution in [3.8, 4) is 0 Å². The van der Waals surface area contributed by atoms with Crippen LogP contribution in [0.15, 0.2) is 16.1 Å². The Morgan fingerprint density at radius 1 is 1.14 bits per heavy atom. The van der Waals surface area contributed by atoms with Crippen molar-refractivity contribution >= 4 is 5.90 Å². The SMILES string of the molecule is COC1=N[C@]2(C)CC(C)=C(C)C[C@@]12C. The number of hydrogen-bond acceptors (Lipinski definition) is 2. The maximum absolute atomic E-state index is 5.33. The summed E-state index contributed by atoms with van der Waals surface area (Å²) in [6.07, 6.45) is 2.18. The topological polar surface area (TPSA) is 21.6 Å². The van der Waals surface area contributed by atoms with Crippen LogP contribution < -0.4 is 0 Å². The average molecular weight is 193 g/mol. The summed E-state index contributed by atoms with van der Waals surface area (Å²) in [5.74, 6) is 0.937. The van der Waals surface area contributed by atoms with Gasteiger partial charge in [-0.05, 0) is 40.5 Å². The highest BCUT2D eigenvalue weighted by Gasteiger charge is 2.58. The Balaban J connectivity index is 2.38. The molecule has 1 aliphatic heterocycles. The average Bonchev–Trinajstić information content (AvgIpc) is 2.11. The van der Waals surface area contributed by atoms with Gasteiger partial charge in [0.25, 0.3) is 0 Å². The van der Waals surface area contributed by atoms with Crippen LogP contribution in [0.2, 0.25) is 0 Å². The molecule has 0 saturated carbocycles. The summed E-state index contributed by atoms with van der Waals surface area (Å²) in [6, 6.07) is 0. The molecule has 0 aromatic carbocycles. The molecule has 0 amide bonds. The van der Waals surface area contributed by atoms with E-state index in [9.17, 15) is 0 Å². The van der Waals surface area contributed by atoms with Crippen molar-refractivity contribution in [1.82, 2.24) is 0 Å². The number of nitrogens with zero attached hydrogens (tertiary/aromatic N) is 1. The van der Waals surface area contributed by atoms with E-state index in [1.807, 2.05) is 0 Å². The number of methoxy groups -OCH3 is 1. The molecule has 0 aromatic heterocycles. The summed E-state index contributed by atoms with van der Waals surface area (Å²) in [4.78, 5) is 4.61. The number of fused-ring (bicyclic) bond motifs is 1. The van der Waals surface area contributed by atoms with Gasteiger partial charge in [0, 0.05) is 0 Å². The van der Waals surface area contributed by atoms with Crippen LogP contribution in [-0.2, 0) is 4.74 Å². The molecule has 2 atom stereocenters. The van der Waals surface area contributed by atoms with E-state index in [1.165, 1.54) is 11.1 Å². The minimum absolute atomic E-state index is 0.0853. The van der Waals surface area contributed by atoms with Crippen LogP contribution in [0.3, 0.4) is 0 Å². The van der Waals surface area contributed by atoms with E-state index in [1.54, 1.807) is 7.11 Å². The van der Waals surface area contributed by atoms with E-state index in [0.29, 0.717) is 0 Å². The van der Waals surface area contributed by atoms with E-state index in [0.717, 1.165) is 18.7 Å². The molecule has 2 nitrogen and oxygen atoms in total. The molecule has 1 aliphatic carbocycles. The van der Waals surface area contributed by atoms with Crippen molar-refractivity contribution in [3.63, 3.8) is 0 Å². The lowest BCUT2D eigenvalue weighted by Gasteiger charge is -2.54. The Kier molecular flexibility index (Phi) is 1.82. The van der Waals surface area contributed by atoms with Crippen LogP contribution in [0.5, 0.6) is 0 Å². The Morgan fingerprint density at radius 2 is 1.71 bits per heavy atom. The fourth-order valence-corrected chi connectivity index (χ4v) is 2.77. The van der Waals surface area contributed by atoms with Gasteiger partial charge in [-0.1, -0.05) is 11.1 Å². The van der Waals surface area contributed by atoms with Crippen molar-refractivity contribution < 1.29 is 4.74 Å². The first-order chi connectivity index (χ1) is 6.43. The third-order valence-corrected chi connectivity index (χ3v) is 4.16. The molecule has 0 saturated heterocycles. The normalized spacial score (nSPS) is 41.4. The number of ether oxygens (including phenoxy) is 1. The summed E-state index contributed by atoms with van der Waals surface area (Å²) in [5.41, 5.74) is 3.24. The molecule has 0 radical (unpaired) electrons. The molecule has 2 heteroatoms. The first-order valence-corrected chi connectivity index (χ1v) is 5.22. The number of aliphatic imine (C=N–C) groups is 1. The molecule has 0 unspecified atom stereocenters. The Bertz CT molecular complexity index is 342. The zero-order chi connectivity index (χ0) is 10.6. The van der Waals surface area contributed by atoms with Gasteiger partial charge in [-0.3, -0.25) is 0 Å². The number of rotatable bonds is 0. The van der Waals surface area contributed by atoms with Crippen LogP contribution in [0.4, 0.5) is 0 Å².